The average molecular weight is 319 g/mol. The minimum Gasteiger partial charge on any atom is -0.359 e. The van der Waals surface area contributed by atoms with Gasteiger partial charge in [0.05, 0.1) is 15.7 Å². The zero-order chi connectivity index (χ0) is 14.3. The average Bonchev–Trinajstić information content (AvgIpc) is 2.41. The Balaban J connectivity index is 2.81. The van der Waals surface area contributed by atoms with Crippen molar-refractivity contribution in [2.75, 3.05) is 17.7 Å². The lowest BCUT2D eigenvalue weighted by Crippen LogP contribution is -2.26. The van der Waals surface area contributed by atoms with Gasteiger partial charge in [0.25, 0.3) is 5.91 Å². The summed E-state index contributed by atoms with van der Waals surface area (Å²) in [5.74, 6) is -0.230. The van der Waals surface area contributed by atoms with Gasteiger partial charge < -0.3 is 10.6 Å². The van der Waals surface area contributed by atoms with Crippen LogP contribution in [0.5, 0.6) is 0 Å². The standard InChI is InChI=1S/C12H10Cl3N3O/c13-4-5-17-12(19)8(6-16)7-18-10-3-1-2-9(14)11(10)15/h1-3,7,18H,4-5H2,(H,17,19)/b8-7-. The zero-order valence-electron chi connectivity index (χ0n) is 9.71. The third-order valence-electron chi connectivity index (χ3n) is 2.07. The number of hydrogen-bond donors (Lipinski definition) is 2. The van der Waals surface area contributed by atoms with Crippen molar-refractivity contribution in [3.8, 4) is 6.07 Å². The molecular weight excluding hydrogens is 309 g/mol. The molecule has 4 nitrogen and oxygen atoms in total. The summed E-state index contributed by atoms with van der Waals surface area (Å²) in [6.45, 7) is 0.289. The van der Waals surface area contributed by atoms with Crippen molar-refractivity contribution in [3.63, 3.8) is 0 Å². The van der Waals surface area contributed by atoms with Crippen molar-refractivity contribution in [1.29, 1.82) is 5.26 Å². The lowest BCUT2D eigenvalue weighted by Gasteiger charge is -2.06. The summed E-state index contributed by atoms with van der Waals surface area (Å²) in [4.78, 5) is 11.5. The minimum absolute atomic E-state index is 0.0823. The highest BCUT2D eigenvalue weighted by Gasteiger charge is 2.08. The number of amides is 1. The van der Waals surface area contributed by atoms with Gasteiger partial charge in [-0.05, 0) is 12.1 Å². The predicted molar refractivity (Wildman–Crippen MR) is 77.5 cm³/mol. The number of nitriles is 1. The molecule has 19 heavy (non-hydrogen) atoms. The number of hydrogen-bond acceptors (Lipinski definition) is 3. The molecule has 7 heteroatoms. The molecule has 0 aromatic heterocycles. The van der Waals surface area contributed by atoms with Crippen molar-refractivity contribution < 1.29 is 4.79 Å². The molecule has 0 heterocycles. The van der Waals surface area contributed by atoms with E-state index < -0.39 is 5.91 Å². The van der Waals surface area contributed by atoms with Crippen molar-refractivity contribution in [1.82, 2.24) is 5.32 Å². The molecule has 1 aromatic rings. The molecule has 0 spiro atoms. The number of carbonyl (C=O) groups is 1. The maximum absolute atomic E-state index is 11.5. The van der Waals surface area contributed by atoms with Gasteiger partial charge in [-0.1, -0.05) is 29.3 Å². The molecule has 0 radical (unpaired) electrons. The molecule has 0 aliphatic rings. The highest BCUT2D eigenvalue weighted by Crippen LogP contribution is 2.29. The van der Waals surface area contributed by atoms with Gasteiger partial charge in [-0.3, -0.25) is 4.79 Å². The second-order valence-electron chi connectivity index (χ2n) is 3.36. The zero-order valence-corrected chi connectivity index (χ0v) is 12.0. The van der Waals surface area contributed by atoms with E-state index in [0.29, 0.717) is 15.7 Å². The first kappa shape index (κ1) is 15.6. The second-order valence-corrected chi connectivity index (χ2v) is 4.52. The van der Waals surface area contributed by atoms with Crippen LogP contribution in [-0.2, 0) is 4.79 Å². The lowest BCUT2D eigenvalue weighted by atomic mass is 10.2. The number of nitrogens with one attached hydrogen (secondary N) is 2. The Morgan fingerprint density at radius 3 is 2.79 bits per heavy atom. The summed E-state index contributed by atoms with van der Waals surface area (Å²) in [6, 6.07) is 6.79. The molecule has 0 saturated carbocycles. The van der Waals surface area contributed by atoms with Crippen molar-refractivity contribution in [3.05, 3.63) is 40.0 Å². The summed E-state index contributed by atoms with van der Waals surface area (Å²) in [5.41, 5.74) is 0.424. The normalized spacial score (nSPS) is 10.7. The van der Waals surface area contributed by atoms with Gasteiger partial charge in [-0.15, -0.1) is 11.6 Å². The summed E-state index contributed by atoms with van der Waals surface area (Å²) in [7, 11) is 0. The van der Waals surface area contributed by atoms with Crippen LogP contribution in [0.2, 0.25) is 10.0 Å². The Morgan fingerprint density at radius 1 is 1.42 bits per heavy atom. The van der Waals surface area contributed by atoms with Gasteiger partial charge in [0, 0.05) is 18.6 Å². The van der Waals surface area contributed by atoms with Gasteiger partial charge in [0.2, 0.25) is 0 Å². The molecule has 0 unspecified atom stereocenters. The largest absolute Gasteiger partial charge is 0.359 e. The number of benzene rings is 1. The van der Waals surface area contributed by atoms with Crippen LogP contribution in [0.15, 0.2) is 30.0 Å². The molecule has 0 saturated heterocycles. The Labute approximate surface area is 125 Å². The van der Waals surface area contributed by atoms with Crippen molar-refractivity contribution >= 4 is 46.4 Å². The molecule has 2 N–H and O–H groups in total. The number of anilines is 1. The molecule has 1 rings (SSSR count). The lowest BCUT2D eigenvalue weighted by molar-refractivity contribution is -0.117. The summed E-state index contributed by atoms with van der Waals surface area (Å²) < 4.78 is 0. The molecule has 0 atom stereocenters. The van der Waals surface area contributed by atoms with Gasteiger partial charge in [-0.25, -0.2) is 0 Å². The van der Waals surface area contributed by atoms with Crippen LogP contribution in [0.1, 0.15) is 0 Å². The van der Waals surface area contributed by atoms with Crippen LogP contribution in [0.4, 0.5) is 5.69 Å². The molecular formula is C12H10Cl3N3O. The van der Waals surface area contributed by atoms with E-state index in [0.717, 1.165) is 0 Å². The van der Waals surface area contributed by atoms with Crippen molar-refractivity contribution in [2.45, 2.75) is 0 Å². The van der Waals surface area contributed by atoms with Gasteiger partial charge >= 0.3 is 0 Å². The third kappa shape index (κ3) is 4.64. The van der Waals surface area contributed by atoms with E-state index in [1.807, 2.05) is 0 Å². The quantitative estimate of drug-likeness (QED) is 0.498. The van der Waals surface area contributed by atoms with E-state index in [-0.39, 0.29) is 18.0 Å². The van der Waals surface area contributed by atoms with E-state index in [1.54, 1.807) is 24.3 Å². The molecule has 100 valence electrons. The molecule has 0 fully saturated rings. The minimum atomic E-state index is -0.506. The Bertz CT molecular complexity index is 538. The highest BCUT2D eigenvalue weighted by atomic mass is 35.5. The first-order valence-electron chi connectivity index (χ1n) is 5.25. The molecule has 1 amide bonds. The second kappa shape index (κ2) is 7.90. The Hall–Kier alpha value is -1.41. The number of rotatable bonds is 5. The summed E-state index contributed by atoms with van der Waals surface area (Å²) in [6.07, 6.45) is 1.26. The van der Waals surface area contributed by atoms with E-state index in [1.165, 1.54) is 6.20 Å². The first-order chi connectivity index (χ1) is 9.10. The molecule has 0 bridgehead atoms. The first-order valence-corrected chi connectivity index (χ1v) is 6.54. The highest BCUT2D eigenvalue weighted by molar-refractivity contribution is 6.43. The van der Waals surface area contributed by atoms with E-state index in [2.05, 4.69) is 10.6 Å². The monoisotopic (exact) mass is 317 g/mol. The number of alkyl halides is 1. The fraction of sp³-hybridized carbons (Fsp3) is 0.167. The Morgan fingerprint density at radius 2 is 2.16 bits per heavy atom. The third-order valence-corrected chi connectivity index (χ3v) is 3.08. The van der Waals surface area contributed by atoms with Crippen LogP contribution in [0.25, 0.3) is 0 Å². The topological polar surface area (TPSA) is 64.9 Å². The molecule has 0 aliphatic heterocycles. The maximum atomic E-state index is 11.5. The van der Waals surface area contributed by atoms with E-state index >= 15 is 0 Å². The van der Waals surface area contributed by atoms with Crippen LogP contribution >= 0.6 is 34.8 Å². The van der Waals surface area contributed by atoms with E-state index in [4.69, 9.17) is 40.1 Å². The fourth-order valence-corrected chi connectivity index (χ4v) is 1.62. The van der Waals surface area contributed by atoms with Crippen molar-refractivity contribution in [2.24, 2.45) is 0 Å². The van der Waals surface area contributed by atoms with Gasteiger partial charge in [0.1, 0.15) is 11.6 Å². The number of halogens is 3. The predicted octanol–water partition coefficient (Wildman–Crippen LogP) is 3.17. The van der Waals surface area contributed by atoms with E-state index in [9.17, 15) is 4.79 Å². The number of carbonyl (C=O) groups excluding carboxylic acids is 1. The smallest absolute Gasteiger partial charge is 0.263 e. The summed E-state index contributed by atoms with van der Waals surface area (Å²) in [5, 5.41) is 14.8. The van der Waals surface area contributed by atoms with Crippen LogP contribution in [-0.4, -0.2) is 18.3 Å². The Kier molecular flexibility index (Phi) is 6.51. The van der Waals surface area contributed by atoms with Gasteiger partial charge in [0.15, 0.2) is 0 Å². The number of nitrogens with zero attached hydrogens (tertiary/aromatic N) is 1. The fourth-order valence-electron chi connectivity index (χ4n) is 1.17. The van der Waals surface area contributed by atoms with Crippen LogP contribution < -0.4 is 10.6 Å². The molecule has 0 aliphatic carbocycles. The van der Waals surface area contributed by atoms with Gasteiger partial charge in [-0.2, -0.15) is 5.26 Å². The van der Waals surface area contributed by atoms with Crippen LogP contribution in [0.3, 0.4) is 0 Å². The molecule has 1 aromatic carbocycles. The SMILES string of the molecule is N#C/C(=C/Nc1cccc(Cl)c1Cl)C(=O)NCCCl. The summed E-state index contributed by atoms with van der Waals surface area (Å²) >= 11 is 17.2. The maximum Gasteiger partial charge on any atom is 0.263 e. The van der Waals surface area contributed by atoms with Crippen LogP contribution in [0, 0.1) is 11.3 Å².